The lowest BCUT2D eigenvalue weighted by Crippen LogP contribution is -2.36. The molecule has 5 nitrogen and oxygen atoms in total. The van der Waals surface area contributed by atoms with Crippen molar-refractivity contribution >= 4 is 29.0 Å². The number of carbonyl (C=O) groups is 1. The maximum atomic E-state index is 12.3. The SMILES string of the molecule is COc1ccc(SCC(=O)Nc2ccc(N3CCOCC3)cc2C)cc1. The highest BCUT2D eigenvalue weighted by Crippen LogP contribution is 2.25. The Morgan fingerprint density at radius 3 is 2.58 bits per heavy atom. The number of ether oxygens (including phenoxy) is 2. The lowest BCUT2D eigenvalue weighted by atomic mass is 10.1. The Morgan fingerprint density at radius 2 is 1.92 bits per heavy atom. The molecule has 1 fully saturated rings. The molecule has 0 spiro atoms. The molecule has 1 amide bonds. The number of anilines is 2. The van der Waals surface area contributed by atoms with Crippen molar-refractivity contribution in [2.45, 2.75) is 11.8 Å². The number of rotatable bonds is 6. The predicted molar refractivity (Wildman–Crippen MR) is 107 cm³/mol. The van der Waals surface area contributed by atoms with Crippen molar-refractivity contribution in [3.8, 4) is 5.75 Å². The number of hydrogen-bond donors (Lipinski definition) is 1. The number of thioether (sulfide) groups is 1. The van der Waals surface area contributed by atoms with Crippen molar-refractivity contribution in [1.29, 1.82) is 0 Å². The number of hydrogen-bond acceptors (Lipinski definition) is 5. The lowest BCUT2D eigenvalue weighted by molar-refractivity contribution is -0.113. The van der Waals surface area contributed by atoms with Gasteiger partial charge < -0.3 is 19.7 Å². The lowest BCUT2D eigenvalue weighted by Gasteiger charge is -2.29. The Morgan fingerprint density at radius 1 is 1.19 bits per heavy atom. The van der Waals surface area contributed by atoms with Crippen LogP contribution in [0.5, 0.6) is 5.75 Å². The number of aryl methyl sites for hydroxylation is 1. The normalized spacial score (nSPS) is 14.2. The van der Waals surface area contributed by atoms with Crippen molar-refractivity contribution in [2.24, 2.45) is 0 Å². The summed E-state index contributed by atoms with van der Waals surface area (Å²) in [7, 11) is 1.64. The van der Waals surface area contributed by atoms with Crippen molar-refractivity contribution in [1.82, 2.24) is 0 Å². The average Bonchev–Trinajstić information content (AvgIpc) is 2.69. The molecule has 0 saturated carbocycles. The Kier molecular flexibility index (Phi) is 6.41. The van der Waals surface area contributed by atoms with E-state index in [4.69, 9.17) is 9.47 Å². The van der Waals surface area contributed by atoms with E-state index in [0.717, 1.165) is 48.2 Å². The third-order valence-corrected chi connectivity index (χ3v) is 5.30. The van der Waals surface area contributed by atoms with Crippen molar-refractivity contribution < 1.29 is 14.3 Å². The molecule has 1 saturated heterocycles. The summed E-state index contributed by atoms with van der Waals surface area (Å²) in [4.78, 5) is 15.6. The van der Waals surface area contributed by atoms with Gasteiger partial charge in [0.05, 0.1) is 26.1 Å². The number of methoxy groups -OCH3 is 1. The van der Waals surface area contributed by atoms with Crippen LogP contribution < -0.4 is 15.0 Å². The number of nitrogens with one attached hydrogen (secondary N) is 1. The standard InChI is InChI=1S/C20H24N2O3S/c1-15-13-16(22-9-11-25-12-10-22)3-8-19(15)21-20(23)14-26-18-6-4-17(24-2)5-7-18/h3-8,13H,9-12,14H2,1-2H3,(H,21,23). The number of amides is 1. The molecule has 0 unspecified atom stereocenters. The van der Waals surface area contributed by atoms with Gasteiger partial charge in [0.15, 0.2) is 0 Å². The van der Waals surface area contributed by atoms with E-state index in [1.54, 1.807) is 7.11 Å². The molecular weight excluding hydrogens is 348 g/mol. The molecule has 1 N–H and O–H groups in total. The first-order valence-electron chi connectivity index (χ1n) is 8.66. The molecule has 1 heterocycles. The van der Waals surface area contributed by atoms with Gasteiger partial charge in [-0.05, 0) is 55.0 Å². The van der Waals surface area contributed by atoms with Crippen molar-refractivity contribution in [2.75, 3.05) is 49.4 Å². The highest BCUT2D eigenvalue weighted by Gasteiger charge is 2.13. The van der Waals surface area contributed by atoms with Gasteiger partial charge in [0.1, 0.15) is 5.75 Å². The fourth-order valence-corrected chi connectivity index (χ4v) is 3.51. The van der Waals surface area contributed by atoms with Crippen molar-refractivity contribution in [3.05, 3.63) is 48.0 Å². The number of benzene rings is 2. The molecule has 26 heavy (non-hydrogen) atoms. The van der Waals surface area contributed by atoms with Crippen LogP contribution in [0.15, 0.2) is 47.4 Å². The third-order valence-electron chi connectivity index (χ3n) is 4.29. The van der Waals surface area contributed by atoms with E-state index >= 15 is 0 Å². The smallest absolute Gasteiger partial charge is 0.234 e. The van der Waals surface area contributed by atoms with Gasteiger partial charge in [0.2, 0.25) is 5.91 Å². The van der Waals surface area contributed by atoms with Crippen LogP contribution in [0, 0.1) is 6.92 Å². The van der Waals surface area contributed by atoms with Gasteiger partial charge in [-0.3, -0.25) is 4.79 Å². The van der Waals surface area contributed by atoms with E-state index in [0.29, 0.717) is 5.75 Å². The quantitative estimate of drug-likeness (QED) is 0.786. The Labute approximate surface area is 158 Å². The maximum absolute atomic E-state index is 12.3. The minimum Gasteiger partial charge on any atom is -0.497 e. The molecule has 0 atom stereocenters. The average molecular weight is 372 g/mol. The minimum absolute atomic E-state index is 0.00644. The van der Waals surface area contributed by atoms with E-state index in [1.165, 1.54) is 17.4 Å². The van der Waals surface area contributed by atoms with E-state index in [2.05, 4.69) is 22.3 Å². The molecule has 0 bridgehead atoms. The van der Waals surface area contributed by atoms with E-state index in [9.17, 15) is 4.79 Å². The fraction of sp³-hybridized carbons (Fsp3) is 0.350. The van der Waals surface area contributed by atoms with Crippen LogP contribution in [0.3, 0.4) is 0 Å². The summed E-state index contributed by atoms with van der Waals surface area (Å²) in [6.07, 6.45) is 0. The third kappa shape index (κ3) is 4.93. The summed E-state index contributed by atoms with van der Waals surface area (Å²) in [5.74, 6) is 1.18. The molecule has 1 aliphatic rings. The van der Waals surface area contributed by atoms with Gasteiger partial charge in [-0.1, -0.05) is 0 Å². The molecule has 138 valence electrons. The van der Waals surface area contributed by atoms with Crippen LogP contribution >= 0.6 is 11.8 Å². The Balaban J connectivity index is 1.54. The fourth-order valence-electron chi connectivity index (χ4n) is 2.81. The number of carbonyl (C=O) groups excluding carboxylic acids is 1. The molecule has 2 aromatic carbocycles. The zero-order valence-electron chi connectivity index (χ0n) is 15.2. The van der Waals surface area contributed by atoms with Gasteiger partial charge in [0, 0.05) is 29.4 Å². The Bertz CT molecular complexity index is 743. The van der Waals surface area contributed by atoms with Crippen LogP contribution in [0.1, 0.15) is 5.56 Å². The van der Waals surface area contributed by atoms with Crippen LogP contribution in [-0.2, 0) is 9.53 Å². The highest BCUT2D eigenvalue weighted by atomic mass is 32.2. The second-order valence-electron chi connectivity index (χ2n) is 6.11. The monoisotopic (exact) mass is 372 g/mol. The van der Waals surface area contributed by atoms with Gasteiger partial charge in [0.25, 0.3) is 0 Å². The van der Waals surface area contributed by atoms with E-state index in [1.807, 2.05) is 37.3 Å². The van der Waals surface area contributed by atoms with Crippen LogP contribution in [-0.4, -0.2) is 45.1 Å². The first-order valence-corrected chi connectivity index (χ1v) is 9.64. The first kappa shape index (κ1) is 18.6. The second kappa shape index (κ2) is 8.96. The number of nitrogens with zero attached hydrogens (tertiary/aromatic N) is 1. The van der Waals surface area contributed by atoms with Crippen LogP contribution in [0.4, 0.5) is 11.4 Å². The van der Waals surface area contributed by atoms with E-state index in [-0.39, 0.29) is 5.91 Å². The molecule has 0 radical (unpaired) electrons. The predicted octanol–water partition coefficient (Wildman–Crippen LogP) is 3.57. The van der Waals surface area contributed by atoms with Crippen LogP contribution in [0.2, 0.25) is 0 Å². The second-order valence-corrected chi connectivity index (χ2v) is 7.16. The highest BCUT2D eigenvalue weighted by molar-refractivity contribution is 8.00. The minimum atomic E-state index is -0.00644. The van der Waals surface area contributed by atoms with Gasteiger partial charge >= 0.3 is 0 Å². The molecule has 1 aliphatic heterocycles. The molecular formula is C20H24N2O3S. The topological polar surface area (TPSA) is 50.8 Å². The summed E-state index contributed by atoms with van der Waals surface area (Å²) in [6, 6.07) is 13.9. The molecule has 6 heteroatoms. The maximum Gasteiger partial charge on any atom is 0.234 e. The molecule has 3 rings (SSSR count). The molecule has 0 aliphatic carbocycles. The van der Waals surface area contributed by atoms with E-state index < -0.39 is 0 Å². The Hall–Kier alpha value is -2.18. The van der Waals surface area contributed by atoms with Crippen LogP contribution in [0.25, 0.3) is 0 Å². The summed E-state index contributed by atoms with van der Waals surface area (Å²) in [5.41, 5.74) is 3.11. The van der Waals surface area contributed by atoms with Gasteiger partial charge in [-0.25, -0.2) is 0 Å². The van der Waals surface area contributed by atoms with Gasteiger partial charge in [-0.2, -0.15) is 0 Å². The molecule has 0 aromatic heterocycles. The zero-order chi connectivity index (χ0) is 18.4. The first-order chi connectivity index (χ1) is 12.7. The number of morpholine rings is 1. The zero-order valence-corrected chi connectivity index (χ0v) is 16.0. The summed E-state index contributed by atoms with van der Waals surface area (Å²) < 4.78 is 10.5. The summed E-state index contributed by atoms with van der Waals surface area (Å²) in [6.45, 7) is 5.36. The van der Waals surface area contributed by atoms with Gasteiger partial charge in [-0.15, -0.1) is 11.8 Å². The molecule has 2 aromatic rings. The summed E-state index contributed by atoms with van der Waals surface area (Å²) in [5, 5.41) is 3.01. The largest absolute Gasteiger partial charge is 0.497 e. The van der Waals surface area contributed by atoms with Crippen molar-refractivity contribution in [3.63, 3.8) is 0 Å². The summed E-state index contributed by atoms with van der Waals surface area (Å²) >= 11 is 1.51.